The van der Waals surface area contributed by atoms with Crippen LogP contribution in [0, 0.1) is 0 Å². The average Bonchev–Trinajstić information content (AvgIpc) is 2.83. The Morgan fingerprint density at radius 1 is 1.65 bits per heavy atom. The van der Waals surface area contributed by atoms with Crippen molar-refractivity contribution >= 4 is 5.97 Å². The molecule has 1 aromatic rings. The Kier molecular flexibility index (Phi) is 3.19. The van der Waals surface area contributed by atoms with Crippen molar-refractivity contribution in [3.8, 4) is 0 Å². The molecule has 2 heterocycles. The van der Waals surface area contributed by atoms with Gasteiger partial charge in [0.2, 0.25) is 0 Å². The number of hydrogen-bond donors (Lipinski definition) is 1. The van der Waals surface area contributed by atoms with Gasteiger partial charge in [-0.1, -0.05) is 0 Å². The molecule has 2 rings (SSSR count). The molecule has 0 bridgehead atoms. The number of carboxylic acid groups (broad SMARTS) is 1. The van der Waals surface area contributed by atoms with Crippen molar-refractivity contribution in [2.75, 3.05) is 13.1 Å². The highest BCUT2D eigenvalue weighted by Gasteiger charge is 2.42. The van der Waals surface area contributed by atoms with Crippen LogP contribution in [0.5, 0.6) is 0 Å². The van der Waals surface area contributed by atoms with E-state index in [2.05, 4.69) is 9.88 Å². The first-order chi connectivity index (χ1) is 8.04. The van der Waals surface area contributed by atoms with Crippen LogP contribution in [0.15, 0.2) is 12.4 Å². The van der Waals surface area contributed by atoms with E-state index in [9.17, 15) is 9.90 Å². The van der Waals surface area contributed by atoms with Gasteiger partial charge in [0.1, 0.15) is 11.4 Å². The summed E-state index contributed by atoms with van der Waals surface area (Å²) in [6, 6.07) is 0. The van der Waals surface area contributed by atoms with Crippen LogP contribution in [0.3, 0.4) is 0 Å². The molecule has 0 saturated carbocycles. The fourth-order valence-electron chi connectivity index (χ4n) is 2.49. The number of rotatable bonds is 4. The topological polar surface area (TPSA) is 58.4 Å². The number of carbonyl (C=O) groups is 1. The number of aromatic nitrogens is 2. The fraction of sp³-hybridized carbons (Fsp3) is 0.667. The molecule has 0 radical (unpaired) electrons. The van der Waals surface area contributed by atoms with E-state index >= 15 is 0 Å². The van der Waals surface area contributed by atoms with Crippen molar-refractivity contribution in [1.82, 2.24) is 14.5 Å². The molecule has 94 valence electrons. The number of carboxylic acids is 1. The van der Waals surface area contributed by atoms with E-state index in [1.165, 1.54) is 0 Å². The van der Waals surface area contributed by atoms with Crippen LogP contribution in [0.1, 0.15) is 25.6 Å². The van der Waals surface area contributed by atoms with Gasteiger partial charge < -0.3 is 9.67 Å². The van der Waals surface area contributed by atoms with Gasteiger partial charge in [-0.2, -0.15) is 0 Å². The highest BCUT2D eigenvalue weighted by Crippen LogP contribution is 2.29. The normalized spacial score (nSPS) is 25.3. The van der Waals surface area contributed by atoms with E-state index in [0.717, 1.165) is 38.2 Å². The Hall–Kier alpha value is -1.36. The van der Waals surface area contributed by atoms with Gasteiger partial charge >= 0.3 is 5.97 Å². The van der Waals surface area contributed by atoms with E-state index < -0.39 is 11.5 Å². The average molecular weight is 237 g/mol. The lowest BCUT2D eigenvalue weighted by atomic mass is 9.99. The zero-order chi connectivity index (χ0) is 12.5. The zero-order valence-corrected chi connectivity index (χ0v) is 10.4. The van der Waals surface area contributed by atoms with Gasteiger partial charge in [0.15, 0.2) is 0 Å². The molecule has 1 fully saturated rings. The first kappa shape index (κ1) is 12.1. The third kappa shape index (κ3) is 2.20. The summed E-state index contributed by atoms with van der Waals surface area (Å²) < 4.78 is 1.98. The van der Waals surface area contributed by atoms with Crippen LogP contribution in [0.4, 0.5) is 0 Å². The molecule has 0 aliphatic carbocycles. The van der Waals surface area contributed by atoms with E-state index in [1.54, 1.807) is 6.20 Å². The Bertz CT molecular complexity index is 416. The fourth-order valence-corrected chi connectivity index (χ4v) is 2.49. The summed E-state index contributed by atoms with van der Waals surface area (Å²) >= 11 is 0. The van der Waals surface area contributed by atoms with Gasteiger partial charge in [0.05, 0.1) is 0 Å². The molecular formula is C12H19N3O2. The van der Waals surface area contributed by atoms with Crippen molar-refractivity contribution < 1.29 is 9.90 Å². The summed E-state index contributed by atoms with van der Waals surface area (Å²) in [4.78, 5) is 17.6. The molecule has 0 amide bonds. The summed E-state index contributed by atoms with van der Waals surface area (Å²) in [7, 11) is 1.96. The third-order valence-electron chi connectivity index (χ3n) is 3.78. The number of imidazole rings is 1. The van der Waals surface area contributed by atoms with Crippen LogP contribution in [-0.2, 0) is 18.3 Å². The molecule has 5 nitrogen and oxygen atoms in total. The maximum absolute atomic E-state index is 11.3. The molecule has 1 aliphatic heterocycles. The molecule has 1 N–H and O–H groups in total. The minimum absolute atomic E-state index is 0.689. The highest BCUT2D eigenvalue weighted by molar-refractivity contribution is 5.78. The van der Waals surface area contributed by atoms with Crippen molar-refractivity contribution in [1.29, 1.82) is 0 Å². The summed E-state index contributed by atoms with van der Waals surface area (Å²) in [6.07, 6.45) is 6.18. The van der Waals surface area contributed by atoms with Crippen LogP contribution in [0.25, 0.3) is 0 Å². The lowest BCUT2D eigenvalue weighted by molar-refractivity contribution is -0.148. The predicted octanol–water partition coefficient (Wildman–Crippen LogP) is 0.902. The molecule has 5 heteroatoms. The minimum atomic E-state index is -0.713. The molecule has 0 spiro atoms. The van der Waals surface area contributed by atoms with Crippen molar-refractivity contribution in [3.05, 3.63) is 18.2 Å². The Balaban J connectivity index is 2.00. The van der Waals surface area contributed by atoms with Gasteiger partial charge in [-0.15, -0.1) is 0 Å². The summed E-state index contributed by atoms with van der Waals surface area (Å²) in [5.74, 6) is 0.291. The largest absolute Gasteiger partial charge is 0.480 e. The third-order valence-corrected chi connectivity index (χ3v) is 3.78. The molecule has 17 heavy (non-hydrogen) atoms. The van der Waals surface area contributed by atoms with Gasteiger partial charge in [-0.25, -0.2) is 4.98 Å². The second-order valence-corrected chi connectivity index (χ2v) is 4.87. The molecule has 1 aromatic heterocycles. The lowest BCUT2D eigenvalue weighted by Gasteiger charge is -2.30. The van der Waals surface area contributed by atoms with Gasteiger partial charge in [-0.3, -0.25) is 9.69 Å². The van der Waals surface area contributed by atoms with E-state index in [0.29, 0.717) is 0 Å². The van der Waals surface area contributed by atoms with Crippen LogP contribution in [-0.4, -0.2) is 44.2 Å². The van der Waals surface area contributed by atoms with Gasteiger partial charge in [0, 0.05) is 32.4 Å². The first-order valence-corrected chi connectivity index (χ1v) is 5.99. The standard InChI is InChI=1S/C12H19N3O2/c1-12(11(16)17)5-3-7-15(12)8-4-10-13-6-9-14(10)2/h6,9H,3-5,7-8H2,1-2H3,(H,16,17). The molecule has 1 atom stereocenters. The SMILES string of the molecule is Cn1ccnc1CCN1CCCC1(C)C(=O)O. The van der Waals surface area contributed by atoms with Crippen LogP contribution in [0.2, 0.25) is 0 Å². The second-order valence-electron chi connectivity index (χ2n) is 4.87. The maximum Gasteiger partial charge on any atom is 0.323 e. The van der Waals surface area contributed by atoms with Crippen LogP contribution < -0.4 is 0 Å². The summed E-state index contributed by atoms with van der Waals surface area (Å²) in [5, 5.41) is 9.29. The predicted molar refractivity (Wildman–Crippen MR) is 63.8 cm³/mol. The monoisotopic (exact) mass is 237 g/mol. The lowest BCUT2D eigenvalue weighted by Crippen LogP contribution is -2.48. The molecule has 1 saturated heterocycles. The van der Waals surface area contributed by atoms with Gasteiger partial charge in [-0.05, 0) is 26.3 Å². The van der Waals surface area contributed by atoms with Crippen molar-refractivity contribution in [2.24, 2.45) is 7.05 Å². The molecule has 1 unspecified atom stereocenters. The van der Waals surface area contributed by atoms with Crippen molar-refractivity contribution in [3.63, 3.8) is 0 Å². The Labute approximate surface area is 101 Å². The quantitative estimate of drug-likeness (QED) is 0.845. The first-order valence-electron chi connectivity index (χ1n) is 5.99. The molecule has 1 aliphatic rings. The smallest absolute Gasteiger partial charge is 0.323 e. The molecule has 0 aromatic carbocycles. The number of hydrogen-bond acceptors (Lipinski definition) is 3. The van der Waals surface area contributed by atoms with E-state index in [-0.39, 0.29) is 0 Å². The van der Waals surface area contributed by atoms with E-state index in [1.807, 2.05) is 24.7 Å². The minimum Gasteiger partial charge on any atom is -0.480 e. The maximum atomic E-state index is 11.3. The molecular weight excluding hydrogens is 218 g/mol. The summed E-state index contributed by atoms with van der Waals surface area (Å²) in [6.45, 7) is 3.45. The number of nitrogens with zero attached hydrogens (tertiary/aromatic N) is 3. The zero-order valence-electron chi connectivity index (χ0n) is 10.4. The number of likely N-dealkylation sites (tertiary alicyclic amines) is 1. The Morgan fingerprint density at radius 3 is 3.00 bits per heavy atom. The number of aliphatic carboxylic acids is 1. The van der Waals surface area contributed by atoms with Crippen LogP contribution >= 0.6 is 0 Å². The van der Waals surface area contributed by atoms with Crippen molar-refractivity contribution in [2.45, 2.75) is 31.7 Å². The second kappa shape index (κ2) is 4.49. The van der Waals surface area contributed by atoms with Gasteiger partial charge in [0.25, 0.3) is 0 Å². The van der Waals surface area contributed by atoms with E-state index in [4.69, 9.17) is 0 Å². The Morgan fingerprint density at radius 2 is 2.41 bits per heavy atom. The summed E-state index contributed by atoms with van der Waals surface area (Å²) in [5.41, 5.74) is -0.689. The highest BCUT2D eigenvalue weighted by atomic mass is 16.4. The number of aryl methyl sites for hydroxylation is 1.